The topological polar surface area (TPSA) is 29.1 Å². The van der Waals surface area contributed by atoms with Crippen molar-refractivity contribution in [1.29, 1.82) is 0 Å². The fraction of sp³-hybridized carbons (Fsp3) is 0.500. The summed E-state index contributed by atoms with van der Waals surface area (Å²) in [5.41, 5.74) is 4.10. The zero-order valence-electron chi connectivity index (χ0n) is 10.3. The maximum Gasteiger partial charge on any atom is 0.220 e. The van der Waals surface area contributed by atoms with Crippen molar-refractivity contribution >= 4 is 5.91 Å². The van der Waals surface area contributed by atoms with Crippen molar-refractivity contribution in [2.24, 2.45) is 0 Å². The van der Waals surface area contributed by atoms with E-state index in [0.29, 0.717) is 6.42 Å². The lowest BCUT2D eigenvalue weighted by Gasteiger charge is -2.35. The largest absolute Gasteiger partial charge is 0.355 e. The smallest absolute Gasteiger partial charge is 0.220 e. The van der Waals surface area contributed by atoms with Gasteiger partial charge in [0, 0.05) is 18.4 Å². The number of nitrogens with one attached hydrogen (secondary N) is 1. The molecule has 1 unspecified atom stereocenters. The highest BCUT2D eigenvalue weighted by atomic mass is 16.1. The number of aryl methyl sites for hydroxylation is 2. The Morgan fingerprint density at radius 2 is 2.06 bits per heavy atom. The van der Waals surface area contributed by atoms with E-state index in [1.54, 1.807) is 0 Å². The third-order valence-electron chi connectivity index (χ3n) is 3.61. The van der Waals surface area contributed by atoms with Crippen molar-refractivity contribution in [3.05, 3.63) is 34.9 Å². The van der Waals surface area contributed by atoms with Gasteiger partial charge in [-0.3, -0.25) is 4.79 Å². The van der Waals surface area contributed by atoms with Crippen LogP contribution in [0.25, 0.3) is 0 Å². The van der Waals surface area contributed by atoms with E-state index in [-0.39, 0.29) is 11.3 Å². The van der Waals surface area contributed by atoms with E-state index >= 15 is 0 Å². The van der Waals surface area contributed by atoms with E-state index in [1.807, 2.05) is 0 Å². The number of amides is 1. The SMILES string of the molecule is Cc1ccc(C2(C)CCC(=O)NC2)c(C)c1. The molecule has 0 saturated carbocycles. The number of carbonyl (C=O) groups excluding carboxylic acids is 1. The predicted molar refractivity (Wildman–Crippen MR) is 65.5 cm³/mol. The molecule has 2 heteroatoms. The van der Waals surface area contributed by atoms with Crippen molar-refractivity contribution in [2.75, 3.05) is 6.54 Å². The predicted octanol–water partition coefficient (Wildman–Crippen LogP) is 2.47. The lowest BCUT2D eigenvalue weighted by atomic mass is 9.74. The second-order valence-corrected chi connectivity index (χ2v) is 5.16. The van der Waals surface area contributed by atoms with E-state index in [0.717, 1.165) is 13.0 Å². The molecule has 1 atom stereocenters. The van der Waals surface area contributed by atoms with Gasteiger partial charge in [0.25, 0.3) is 0 Å². The van der Waals surface area contributed by atoms with Gasteiger partial charge in [-0.1, -0.05) is 30.7 Å². The lowest BCUT2D eigenvalue weighted by molar-refractivity contribution is -0.123. The normalized spacial score (nSPS) is 25.3. The molecule has 1 saturated heterocycles. The minimum atomic E-state index is 0.103. The molecule has 1 heterocycles. The standard InChI is InChI=1S/C14H19NO/c1-10-4-5-12(11(2)8-10)14(3)7-6-13(16)15-9-14/h4-5,8H,6-7,9H2,1-3H3,(H,15,16). The molecule has 2 nitrogen and oxygen atoms in total. The van der Waals surface area contributed by atoms with Gasteiger partial charge in [-0.15, -0.1) is 0 Å². The van der Waals surface area contributed by atoms with Gasteiger partial charge in [0.1, 0.15) is 0 Å². The number of carbonyl (C=O) groups is 1. The van der Waals surface area contributed by atoms with Gasteiger partial charge in [0.15, 0.2) is 0 Å². The first-order chi connectivity index (χ1) is 7.51. The van der Waals surface area contributed by atoms with E-state index in [2.05, 4.69) is 44.3 Å². The van der Waals surface area contributed by atoms with Gasteiger partial charge >= 0.3 is 0 Å². The first-order valence-corrected chi connectivity index (χ1v) is 5.86. The second kappa shape index (κ2) is 3.93. The van der Waals surface area contributed by atoms with Crippen LogP contribution in [0.2, 0.25) is 0 Å². The number of benzene rings is 1. The first kappa shape index (κ1) is 11.2. The summed E-state index contributed by atoms with van der Waals surface area (Å²) >= 11 is 0. The van der Waals surface area contributed by atoms with Crippen molar-refractivity contribution < 1.29 is 4.79 Å². The highest BCUT2D eigenvalue weighted by molar-refractivity contribution is 5.77. The average molecular weight is 217 g/mol. The van der Waals surface area contributed by atoms with Gasteiger partial charge in [-0.2, -0.15) is 0 Å². The summed E-state index contributed by atoms with van der Waals surface area (Å²) < 4.78 is 0. The summed E-state index contributed by atoms with van der Waals surface area (Å²) in [4.78, 5) is 11.2. The van der Waals surface area contributed by atoms with Crippen LogP contribution in [0.4, 0.5) is 0 Å². The Labute approximate surface area is 97.1 Å². The molecule has 0 aliphatic carbocycles. The molecule has 1 aromatic carbocycles. The van der Waals surface area contributed by atoms with Crippen molar-refractivity contribution in [2.45, 2.75) is 39.0 Å². The molecule has 86 valence electrons. The third kappa shape index (κ3) is 1.97. The van der Waals surface area contributed by atoms with Gasteiger partial charge < -0.3 is 5.32 Å². The van der Waals surface area contributed by atoms with Crippen molar-refractivity contribution in [3.8, 4) is 0 Å². The molecule has 1 amide bonds. The van der Waals surface area contributed by atoms with Gasteiger partial charge in [-0.05, 0) is 31.4 Å². The quantitative estimate of drug-likeness (QED) is 0.769. The fourth-order valence-corrected chi connectivity index (χ4v) is 2.58. The van der Waals surface area contributed by atoms with E-state index in [4.69, 9.17) is 0 Å². The van der Waals surface area contributed by atoms with E-state index in [1.165, 1.54) is 16.7 Å². The number of rotatable bonds is 1. The molecular weight excluding hydrogens is 198 g/mol. The maximum absolute atomic E-state index is 11.2. The molecule has 16 heavy (non-hydrogen) atoms. The summed E-state index contributed by atoms with van der Waals surface area (Å²) in [6, 6.07) is 6.59. The van der Waals surface area contributed by atoms with Crippen molar-refractivity contribution in [3.63, 3.8) is 0 Å². The van der Waals surface area contributed by atoms with Crippen LogP contribution in [0.3, 0.4) is 0 Å². The molecule has 1 N–H and O–H groups in total. The van der Waals surface area contributed by atoms with E-state index in [9.17, 15) is 4.79 Å². The average Bonchev–Trinajstić information content (AvgIpc) is 2.22. The Bertz CT molecular complexity index is 413. The summed E-state index contributed by atoms with van der Waals surface area (Å²) in [7, 11) is 0. The number of hydrogen-bond acceptors (Lipinski definition) is 1. The van der Waals surface area contributed by atoms with Gasteiger partial charge in [0.05, 0.1) is 0 Å². The molecule has 1 aliphatic rings. The third-order valence-corrected chi connectivity index (χ3v) is 3.61. The zero-order chi connectivity index (χ0) is 11.8. The molecular formula is C14H19NO. The maximum atomic E-state index is 11.2. The first-order valence-electron chi connectivity index (χ1n) is 5.86. The van der Waals surface area contributed by atoms with E-state index < -0.39 is 0 Å². The summed E-state index contributed by atoms with van der Waals surface area (Å²) in [5.74, 6) is 0.183. The van der Waals surface area contributed by atoms with Crippen LogP contribution in [-0.4, -0.2) is 12.5 Å². The van der Waals surface area contributed by atoms with Crippen LogP contribution in [0.15, 0.2) is 18.2 Å². The summed E-state index contributed by atoms with van der Waals surface area (Å²) in [6.07, 6.45) is 1.59. The van der Waals surface area contributed by atoms with Gasteiger partial charge in [-0.25, -0.2) is 0 Å². The minimum Gasteiger partial charge on any atom is -0.355 e. The van der Waals surface area contributed by atoms with Crippen LogP contribution >= 0.6 is 0 Å². The van der Waals surface area contributed by atoms with Crippen molar-refractivity contribution in [1.82, 2.24) is 5.32 Å². The Hall–Kier alpha value is -1.31. The Morgan fingerprint density at radius 3 is 2.62 bits per heavy atom. The highest BCUT2D eigenvalue weighted by Crippen LogP contribution is 2.33. The molecule has 1 aromatic rings. The molecule has 0 aromatic heterocycles. The van der Waals surface area contributed by atoms with Crippen LogP contribution in [0.1, 0.15) is 36.5 Å². The summed E-state index contributed by atoms with van der Waals surface area (Å²) in [5, 5.41) is 2.97. The van der Waals surface area contributed by atoms with Crippen LogP contribution < -0.4 is 5.32 Å². The van der Waals surface area contributed by atoms with Crippen LogP contribution in [0.5, 0.6) is 0 Å². The minimum absolute atomic E-state index is 0.103. The monoisotopic (exact) mass is 217 g/mol. The molecule has 2 rings (SSSR count). The van der Waals surface area contributed by atoms with Gasteiger partial charge in [0.2, 0.25) is 5.91 Å². The highest BCUT2D eigenvalue weighted by Gasteiger charge is 2.32. The number of hydrogen-bond donors (Lipinski definition) is 1. The zero-order valence-corrected chi connectivity index (χ0v) is 10.3. The molecule has 1 aliphatic heterocycles. The Balaban J connectivity index is 2.32. The van der Waals surface area contributed by atoms with Crippen LogP contribution in [-0.2, 0) is 10.2 Å². The molecule has 0 radical (unpaired) electrons. The number of piperidine rings is 1. The molecule has 0 bridgehead atoms. The molecule has 0 spiro atoms. The van der Waals surface area contributed by atoms with Crippen LogP contribution in [0, 0.1) is 13.8 Å². The second-order valence-electron chi connectivity index (χ2n) is 5.16. The Kier molecular flexibility index (Phi) is 2.75. The summed E-state index contributed by atoms with van der Waals surface area (Å²) in [6.45, 7) is 7.27. The Morgan fingerprint density at radius 1 is 1.31 bits per heavy atom. The fourth-order valence-electron chi connectivity index (χ4n) is 2.58. The molecule has 1 fully saturated rings. The lowest BCUT2D eigenvalue weighted by Crippen LogP contribution is -2.44.